The Morgan fingerprint density at radius 1 is 0.824 bits per heavy atom. The topological polar surface area (TPSA) is 14.2 Å². The summed E-state index contributed by atoms with van der Waals surface area (Å²) in [4.78, 5) is 5.76. The van der Waals surface area contributed by atoms with Crippen LogP contribution < -0.4 is 4.84 Å². The fourth-order valence-corrected chi connectivity index (χ4v) is 1.89. The van der Waals surface area contributed by atoms with Gasteiger partial charge in [-0.25, -0.2) is 0 Å². The fraction of sp³-hybridized carbons (Fsp3) is 0.0667. The molecule has 0 aliphatic rings. The van der Waals surface area contributed by atoms with E-state index in [1.807, 2.05) is 41.3 Å². The van der Waals surface area contributed by atoms with Gasteiger partial charge in [0.1, 0.15) is 6.61 Å². The van der Waals surface area contributed by atoms with Gasteiger partial charge in [0.25, 0.3) is 0 Å². The SMILES string of the molecule is c1ccc(COn2ccc3ccccc32)cc1. The highest BCUT2D eigenvalue weighted by Crippen LogP contribution is 2.14. The normalized spacial score (nSPS) is 10.6. The molecule has 0 saturated carbocycles. The van der Waals surface area contributed by atoms with E-state index in [4.69, 9.17) is 4.84 Å². The lowest BCUT2D eigenvalue weighted by atomic mass is 10.2. The molecule has 2 nitrogen and oxygen atoms in total. The summed E-state index contributed by atoms with van der Waals surface area (Å²) in [6.45, 7) is 0.583. The van der Waals surface area contributed by atoms with Crippen LogP contribution in [0.3, 0.4) is 0 Å². The van der Waals surface area contributed by atoms with Gasteiger partial charge in [0.2, 0.25) is 0 Å². The van der Waals surface area contributed by atoms with E-state index < -0.39 is 0 Å². The van der Waals surface area contributed by atoms with Crippen molar-refractivity contribution in [3.8, 4) is 0 Å². The van der Waals surface area contributed by atoms with Crippen molar-refractivity contribution in [3.05, 3.63) is 72.4 Å². The monoisotopic (exact) mass is 223 g/mol. The number of benzene rings is 2. The van der Waals surface area contributed by atoms with Crippen molar-refractivity contribution in [3.63, 3.8) is 0 Å². The molecular formula is C15H13NO. The van der Waals surface area contributed by atoms with Crippen LogP contribution >= 0.6 is 0 Å². The standard InChI is InChI=1S/C15H13NO/c1-2-6-13(7-3-1)12-17-16-11-10-14-8-4-5-9-15(14)16/h1-11H,12H2. The van der Waals surface area contributed by atoms with Crippen molar-refractivity contribution >= 4 is 10.9 Å². The molecule has 0 fully saturated rings. The highest BCUT2D eigenvalue weighted by atomic mass is 16.7. The van der Waals surface area contributed by atoms with Gasteiger partial charge in [-0.1, -0.05) is 48.5 Å². The van der Waals surface area contributed by atoms with Crippen molar-refractivity contribution in [2.45, 2.75) is 6.61 Å². The number of hydrogen-bond donors (Lipinski definition) is 0. The third-order valence-electron chi connectivity index (χ3n) is 2.78. The van der Waals surface area contributed by atoms with Gasteiger partial charge >= 0.3 is 0 Å². The van der Waals surface area contributed by atoms with Crippen LogP contribution in [-0.2, 0) is 6.61 Å². The first-order chi connectivity index (χ1) is 8.43. The Morgan fingerprint density at radius 2 is 1.59 bits per heavy atom. The summed E-state index contributed by atoms with van der Waals surface area (Å²) in [6, 6.07) is 20.4. The molecule has 3 rings (SSSR count). The molecule has 2 heteroatoms. The summed E-state index contributed by atoms with van der Waals surface area (Å²) < 4.78 is 1.82. The van der Waals surface area contributed by atoms with Crippen molar-refractivity contribution in [2.75, 3.05) is 0 Å². The molecule has 0 atom stereocenters. The number of nitrogens with zero attached hydrogens (tertiary/aromatic N) is 1. The maximum atomic E-state index is 5.76. The predicted octanol–water partition coefficient (Wildman–Crippen LogP) is 3.27. The maximum Gasteiger partial charge on any atom is 0.140 e. The summed E-state index contributed by atoms with van der Waals surface area (Å²) in [5, 5.41) is 1.19. The molecule has 3 aromatic rings. The minimum Gasteiger partial charge on any atom is -0.409 e. The minimum atomic E-state index is 0.583. The van der Waals surface area contributed by atoms with Gasteiger partial charge < -0.3 is 4.84 Å². The van der Waals surface area contributed by atoms with Crippen LogP contribution in [0.2, 0.25) is 0 Å². The molecule has 0 saturated heterocycles. The Hall–Kier alpha value is -2.22. The van der Waals surface area contributed by atoms with Crippen LogP contribution in [0.15, 0.2) is 66.9 Å². The van der Waals surface area contributed by atoms with Crippen LogP contribution in [0.1, 0.15) is 5.56 Å². The van der Waals surface area contributed by atoms with Gasteiger partial charge in [-0.2, -0.15) is 4.73 Å². The number of fused-ring (bicyclic) bond motifs is 1. The lowest BCUT2D eigenvalue weighted by Crippen LogP contribution is -2.09. The molecule has 17 heavy (non-hydrogen) atoms. The van der Waals surface area contributed by atoms with Crippen molar-refractivity contribution in [1.82, 2.24) is 4.73 Å². The average Bonchev–Trinajstić information content (AvgIpc) is 2.81. The van der Waals surface area contributed by atoms with Gasteiger partial charge in [0.05, 0.1) is 5.52 Å². The van der Waals surface area contributed by atoms with Crippen LogP contribution in [0.5, 0.6) is 0 Å². The average molecular weight is 223 g/mol. The molecule has 1 heterocycles. The zero-order chi connectivity index (χ0) is 11.5. The first-order valence-corrected chi connectivity index (χ1v) is 5.67. The summed E-state index contributed by atoms with van der Waals surface area (Å²) in [7, 11) is 0. The minimum absolute atomic E-state index is 0.583. The van der Waals surface area contributed by atoms with E-state index in [0.717, 1.165) is 5.52 Å². The third kappa shape index (κ3) is 2.02. The molecule has 0 radical (unpaired) electrons. The molecule has 0 aliphatic carbocycles. The molecule has 0 N–H and O–H groups in total. The lowest BCUT2D eigenvalue weighted by Gasteiger charge is -2.08. The van der Waals surface area contributed by atoms with Gasteiger partial charge in [-0.3, -0.25) is 0 Å². The second-order valence-corrected chi connectivity index (χ2v) is 3.96. The van der Waals surface area contributed by atoms with Gasteiger partial charge in [-0.15, -0.1) is 0 Å². The van der Waals surface area contributed by atoms with E-state index in [2.05, 4.69) is 30.3 Å². The second-order valence-electron chi connectivity index (χ2n) is 3.96. The molecule has 84 valence electrons. The second kappa shape index (κ2) is 4.34. The van der Waals surface area contributed by atoms with Crippen molar-refractivity contribution in [1.29, 1.82) is 0 Å². The lowest BCUT2D eigenvalue weighted by molar-refractivity contribution is 0.107. The summed E-state index contributed by atoms with van der Waals surface area (Å²) in [6.07, 6.45) is 1.95. The number of hydrogen-bond acceptors (Lipinski definition) is 1. The largest absolute Gasteiger partial charge is 0.409 e. The molecule has 0 unspecified atom stereocenters. The summed E-state index contributed by atoms with van der Waals surface area (Å²) >= 11 is 0. The maximum absolute atomic E-state index is 5.76. The molecule has 0 spiro atoms. The van der Waals surface area contributed by atoms with Gasteiger partial charge in [-0.05, 0) is 17.7 Å². The Balaban J connectivity index is 1.82. The zero-order valence-electron chi connectivity index (χ0n) is 9.41. The van der Waals surface area contributed by atoms with Crippen LogP contribution in [0.25, 0.3) is 10.9 Å². The quantitative estimate of drug-likeness (QED) is 0.664. The van der Waals surface area contributed by atoms with Gasteiger partial charge in [0.15, 0.2) is 0 Å². The van der Waals surface area contributed by atoms with E-state index in [9.17, 15) is 0 Å². The van der Waals surface area contributed by atoms with E-state index >= 15 is 0 Å². The van der Waals surface area contributed by atoms with Gasteiger partial charge in [0, 0.05) is 11.6 Å². The van der Waals surface area contributed by atoms with Crippen LogP contribution in [0, 0.1) is 0 Å². The Morgan fingerprint density at radius 3 is 2.47 bits per heavy atom. The molecule has 2 aromatic carbocycles. The van der Waals surface area contributed by atoms with Crippen LogP contribution in [0.4, 0.5) is 0 Å². The molecule has 0 amide bonds. The summed E-state index contributed by atoms with van der Waals surface area (Å²) in [5.74, 6) is 0. The summed E-state index contributed by atoms with van der Waals surface area (Å²) in [5.41, 5.74) is 2.27. The van der Waals surface area contributed by atoms with E-state index in [1.165, 1.54) is 10.9 Å². The van der Waals surface area contributed by atoms with E-state index in [-0.39, 0.29) is 0 Å². The zero-order valence-corrected chi connectivity index (χ0v) is 9.41. The number of aromatic nitrogens is 1. The van der Waals surface area contributed by atoms with Crippen LogP contribution in [-0.4, -0.2) is 4.73 Å². The Bertz CT molecular complexity index is 613. The van der Waals surface area contributed by atoms with Crippen molar-refractivity contribution in [2.24, 2.45) is 0 Å². The number of para-hydroxylation sites is 1. The van der Waals surface area contributed by atoms with Crippen molar-refractivity contribution < 1.29 is 4.84 Å². The number of rotatable bonds is 3. The highest BCUT2D eigenvalue weighted by molar-refractivity contribution is 5.79. The smallest absolute Gasteiger partial charge is 0.140 e. The third-order valence-corrected chi connectivity index (χ3v) is 2.78. The fourth-order valence-electron chi connectivity index (χ4n) is 1.89. The Kier molecular flexibility index (Phi) is 2.54. The predicted molar refractivity (Wildman–Crippen MR) is 68.7 cm³/mol. The highest BCUT2D eigenvalue weighted by Gasteiger charge is 2.00. The first kappa shape index (κ1) is 9.97. The van der Waals surface area contributed by atoms with E-state index in [0.29, 0.717) is 6.61 Å². The Labute approximate surface area is 100 Å². The first-order valence-electron chi connectivity index (χ1n) is 5.67. The molecular weight excluding hydrogens is 210 g/mol. The molecule has 0 aliphatic heterocycles. The molecule has 1 aromatic heterocycles. The van der Waals surface area contributed by atoms with E-state index in [1.54, 1.807) is 0 Å². The molecule has 0 bridgehead atoms.